The van der Waals surface area contributed by atoms with Crippen LogP contribution in [-0.4, -0.2) is 22.2 Å². The number of carbonyl (C=O) groups is 2. The first-order valence-corrected chi connectivity index (χ1v) is 5.77. The maximum atomic E-state index is 11.3. The average Bonchev–Trinajstić information content (AvgIpc) is 2.27. The molecule has 0 aromatic heterocycles. The minimum atomic E-state index is -1.12. The fraction of sp³-hybridized carbons (Fsp3) is 0.538. The van der Waals surface area contributed by atoms with Gasteiger partial charge in [-0.2, -0.15) is 0 Å². The molecule has 0 radical (unpaired) electrons. The van der Waals surface area contributed by atoms with Crippen LogP contribution >= 0.6 is 0 Å². The highest BCUT2D eigenvalue weighted by molar-refractivity contribution is 5.92. The minimum absolute atomic E-state index is 0.252. The summed E-state index contributed by atoms with van der Waals surface area (Å²) in [5.41, 5.74) is -0.147. The van der Waals surface area contributed by atoms with Gasteiger partial charge < -0.3 is 10.2 Å². The standard InChI is InChI=1S/C13H18O4/c1-4-8-6-7-13(3,12(16)17)9(5-2)10(8)11(14)15/h6-7,9H,4-5H2,1-3H3,(H,14,15)(H,16,17). The van der Waals surface area contributed by atoms with E-state index in [-0.39, 0.29) is 5.57 Å². The summed E-state index contributed by atoms with van der Waals surface area (Å²) in [7, 11) is 0. The molecule has 0 bridgehead atoms. The smallest absolute Gasteiger partial charge is 0.332 e. The Morgan fingerprint density at radius 2 is 1.94 bits per heavy atom. The van der Waals surface area contributed by atoms with E-state index in [4.69, 9.17) is 0 Å². The van der Waals surface area contributed by atoms with Crippen LogP contribution in [-0.2, 0) is 9.59 Å². The second-order valence-electron chi connectivity index (χ2n) is 4.48. The van der Waals surface area contributed by atoms with Crippen molar-refractivity contribution < 1.29 is 19.8 Å². The van der Waals surface area contributed by atoms with E-state index >= 15 is 0 Å². The van der Waals surface area contributed by atoms with Gasteiger partial charge in [-0.25, -0.2) is 4.79 Å². The minimum Gasteiger partial charge on any atom is -0.481 e. The number of hydrogen-bond acceptors (Lipinski definition) is 2. The van der Waals surface area contributed by atoms with Crippen LogP contribution in [0, 0.1) is 11.3 Å². The van der Waals surface area contributed by atoms with Crippen LogP contribution in [0.2, 0.25) is 0 Å². The van der Waals surface area contributed by atoms with Crippen LogP contribution in [0.5, 0.6) is 0 Å². The summed E-state index contributed by atoms with van der Waals surface area (Å²) >= 11 is 0. The van der Waals surface area contributed by atoms with Gasteiger partial charge in [0, 0.05) is 11.5 Å². The monoisotopic (exact) mass is 238 g/mol. The largest absolute Gasteiger partial charge is 0.481 e. The zero-order valence-corrected chi connectivity index (χ0v) is 10.4. The number of rotatable bonds is 4. The van der Waals surface area contributed by atoms with Gasteiger partial charge in [0.25, 0.3) is 0 Å². The topological polar surface area (TPSA) is 74.6 Å². The van der Waals surface area contributed by atoms with E-state index in [1.807, 2.05) is 13.8 Å². The van der Waals surface area contributed by atoms with Crippen molar-refractivity contribution in [3.63, 3.8) is 0 Å². The van der Waals surface area contributed by atoms with Crippen LogP contribution in [0.15, 0.2) is 23.3 Å². The number of carboxylic acids is 2. The van der Waals surface area contributed by atoms with E-state index in [1.165, 1.54) is 0 Å². The molecule has 0 saturated heterocycles. The van der Waals surface area contributed by atoms with E-state index in [9.17, 15) is 19.8 Å². The van der Waals surface area contributed by atoms with Gasteiger partial charge in [0.2, 0.25) is 0 Å². The van der Waals surface area contributed by atoms with Crippen molar-refractivity contribution in [1.29, 1.82) is 0 Å². The van der Waals surface area contributed by atoms with Gasteiger partial charge in [-0.1, -0.05) is 26.0 Å². The Bertz CT molecular complexity index is 406. The van der Waals surface area contributed by atoms with Crippen molar-refractivity contribution >= 4 is 11.9 Å². The van der Waals surface area contributed by atoms with Gasteiger partial charge in [-0.15, -0.1) is 0 Å². The SMILES string of the molecule is CCC1=C(C(=O)O)C(CC)C(C)(C(=O)O)C=C1. The van der Waals surface area contributed by atoms with E-state index < -0.39 is 23.3 Å². The average molecular weight is 238 g/mol. The van der Waals surface area contributed by atoms with E-state index in [0.717, 1.165) is 5.57 Å². The van der Waals surface area contributed by atoms with Crippen LogP contribution in [0.3, 0.4) is 0 Å². The first-order valence-electron chi connectivity index (χ1n) is 5.77. The Labute approximate surface area is 101 Å². The maximum Gasteiger partial charge on any atom is 0.332 e. The molecule has 1 aliphatic rings. The zero-order valence-electron chi connectivity index (χ0n) is 10.4. The highest BCUT2D eigenvalue weighted by atomic mass is 16.4. The van der Waals surface area contributed by atoms with Gasteiger partial charge >= 0.3 is 11.9 Å². The van der Waals surface area contributed by atoms with Crippen molar-refractivity contribution in [2.24, 2.45) is 11.3 Å². The fourth-order valence-electron chi connectivity index (χ4n) is 2.45. The van der Waals surface area contributed by atoms with Gasteiger partial charge in [-0.05, 0) is 25.3 Å². The third kappa shape index (κ3) is 2.12. The Balaban J connectivity index is 3.36. The molecule has 2 unspecified atom stereocenters. The number of allylic oxidation sites excluding steroid dienone is 2. The molecule has 17 heavy (non-hydrogen) atoms. The summed E-state index contributed by atoms with van der Waals surface area (Å²) in [5.74, 6) is -2.46. The van der Waals surface area contributed by atoms with E-state index in [2.05, 4.69) is 0 Å². The summed E-state index contributed by atoms with van der Waals surface area (Å²) in [6, 6.07) is 0. The van der Waals surface area contributed by atoms with Crippen LogP contribution in [0.25, 0.3) is 0 Å². The highest BCUT2D eigenvalue weighted by Crippen LogP contribution is 2.42. The lowest BCUT2D eigenvalue weighted by Gasteiger charge is -2.35. The Hall–Kier alpha value is -1.58. The van der Waals surface area contributed by atoms with Crippen molar-refractivity contribution in [2.75, 3.05) is 0 Å². The molecule has 0 saturated carbocycles. The Morgan fingerprint density at radius 1 is 1.35 bits per heavy atom. The van der Waals surface area contributed by atoms with Crippen LogP contribution in [0.1, 0.15) is 33.6 Å². The zero-order chi connectivity index (χ0) is 13.2. The molecule has 4 nitrogen and oxygen atoms in total. The van der Waals surface area contributed by atoms with Gasteiger partial charge in [0.15, 0.2) is 0 Å². The van der Waals surface area contributed by atoms with E-state index in [1.54, 1.807) is 19.1 Å². The first kappa shape index (κ1) is 13.5. The van der Waals surface area contributed by atoms with Crippen LogP contribution in [0.4, 0.5) is 0 Å². The predicted molar refractivity (Wildman–Crippen MR) is 63.6 cm³/mol. The second kappa shape index (κ2) is 4.73. The fourth-order valence-corrected chi connectivity index (χ4v) is 2.45. The van der Waals surface area contributed by atoms with Crippen molar-refractivity contribution in [1.82, 2.24) is 0 Å². The number of aliphatic carboxylic acids is 2. The molecule has 2 atom stereocenters. The molecule has 0 aliphatic heterocycles. The molecule has 0 aromatic carbocycles. The molecule has 0 amide bonds. The molecular formula is C13H18O4. The highest BCUT2D eigenvalue weighted by Gasteiger charge is 2.44. The third-order valence-electron chi connectivity index (χ3n) is 3.53. The summed E-state index contributed by atoms with van der Waals surface area (Å²) in [6.45, 7) is 5.27. The normalized spacial score (nSPS) is 28.3. The molecule has 0 fully saturated rings. The van der Waals surface area contributed by atoms with Crippen molar-refractivity contribution in [3.8, 4) is 0 Å². The molecular weight excluding hydrogens is 220 g/mol. The predicted octanol–water partition coefficient (Wildman–Crippen LogP) is 2.46. The lowest BCUT2D eigenvalue weighted by molar-refractivity contribution is -0.148. The quantitative estimate of drug-likeness (QED) is 0.789. The molecule has 4 heteroatoms. The molecule has 2 N–H and O–H groups in total. The third-order valence-corrected chi connectivity index (χ3v) is 3.53. The lowest BCUT2D eigenvalue weighted by Crippen LogP contribution is -2.39. The first-order chi connectivity index (χ1) is 7.88. The molecule has 1 aliphatic carbocycles. The number of carboxylic acid groups (broad SMARTS) is 2. The Morgan fingerprint density at radius 3 is 2.29 bits per heavy atom. The summed E-state index contributed by atoms with van der Waals surface area (Å²) in [4.78, 5) is 22.7. The molecule has 0 heterocycles. The van der Waals surface area contributed by atoms with Crippen molar-refractivity contribution in [3.05, 3.63) is 23.3 Å². The summed E-state index contributed by atoms with van der Waals surface area (Å²) < 4.78 is 0. The van der Waals surface area contributed by atoms with Gasteiger partial charge in [0.05, 0.1) is 5.41 Å². The number of hydrogen-bond donors (Lipinski definition) is 2. The van der Waals surface area contributed by atoms with E-state index in [0.29, 0.717) is 12.8 Å². The van der Waals surface area contributed by atoms with Gasteiger partial charge in [-0.3, -0.25) is 4.79 Å². The lowest BCUT2D eigenvalue weighted by atomic mass is 9.67. The van der Waals surface area contributed by atoms with Crippen LogP contribution < -0.4 is 0 Å². The Kier molecular flexibility index (Phi) is 3.76. The summed E-state index contributed by atoms with van der Waals surface area (Å²) in [6.07, 6.45) is 4.36. The maximum absolute atomic E-state index is 11.3. The molecule has 1 rings (SSSR count). The molecule has 0 spiro atoms. The van der Waals surface area contributed by atoms with Gasteiger partial charge in [0.1, 0.15) is 0 Å². The molecule has 94 valence electrons. The molecule has 0 aromatic rings. The second-order valence-corrected chi connectivity index (χ2v) is 4.48. The summed E-state index contributed by atoms with van der Waals surface area (Å²) in [5, 5.41) is 18.6. The van der Waals surface area contributed by atoms with Crippen molar-refractivity contribution in [2.45, 2.75) is 33.6 Å².